The van der Waals surface area contributed by atoms with Gasteiger partial charge in [0, 0.05) is 10.8 Å². The molecule has 0 bridgehead atoms. The minimum atomic E-state index is -1.49. The Labute approximate surface area is 110 Å². The fourth-order valence-corrected chi connectivity index (χ4v) is 2.18. The molecule has 0 radical (unpaired) electrons. The predicted octanol–water partition coefficient (Wildman–Crippen LogP) is 0.178. The van der Waals surface area contributed by atoms with Gasteiger partial charge in [-0.05, 0) is 0 Å². The summed E-state index contributed by atoms with van der Waals surface area (Å²) in [6.07, 6.45) is -0.712. The molecule has 1 amide bonds. The highest BCUT2D eigenvalue weighted by atomic mass is 33.1. The molecule has 3 N–H and O–H groups in total. The van der Waals surface area contributed by atoms with E-state index in [2.05, 4.69) is 4.74 Å². The van der Waals surface area contributed by atoms with Crippen molar-refractivity contribution >= 4 is 44.7 Å². The number of nitrogens with one attached hydrogen (secondary N) is 1. The molecular formula is C8H11NO7S2. The van der Waals surface area contributed by atoms with E-state index in [-0.39, 0.29) is 5.75 Å². The van der Waals surface area contributed by atoms with Crippen molar-refractivity contribution in [2.45, 2.75) is 12.5 Å². The van der Waals surface area contributed by atoms with Crippen LogP contribution in [-0.2, 0) is 19.1 Å². The number of carbonyl (C=O) groups is 4. The molecule has 8 nitrogen and oxygen atoms in total. The maximum absolute atomic E-state index is 11.3. The molecule has 0 saturated carbocycles. The van der Waals surface area contributed by atoms with Crippen molar-refractivity contribution in [1.29, 1.82) is 0 Å². The third-order valence-corrected chi connectivity index (χ3v) is 3.41. The maximum Gasteiger partial charge on any atom is 0.377 e. The quantitative estimate of drug-likeness (QED) is 0.445. The second-order valence-electron chi connectivity index (χ2n) is 2.86. The standard InChI is InChI=1S/C8H11NO7S2/c1-16-8(15)18-17-3-5(10)9-4(7(13)14)2-6(11)12/h4H,2-3H2,1H3,(H,9,10)(H,11,12)(H,13,14). The fraction of sp³-hybridized carbons (Fsp3) is 0.500. The lowest BCUT2D eigenvalue weighted by atomic mass is 10.2. The zero-order chi connectivity index (χ0) is 14.1. The van der Waals surface area contributed by atoms with E-state index in [1.54, 1.807) is 0 Å². The fourth-order valence-electron chi connectivity index (χ4n) is 0.776. The molecule has 0 aromatic rings. The zero-order valence-electron chi connectivity index (χ0n) is 9.24. The van der Waals surface area contributed by atoms with Crippen molar-refractivity contribution in [3.63, 3.8) is 0 Å². The highest BCUT2D eigenvalue weighted by Crippen LogP contribution is 2.22. The Hall–Kier alpha value is -1.42. The van der Waals surface area contributed by atoms with E-state index in [0.717, 1.165) is 10.8 Å². The van der Waals surface area contributed by atoms with Crippen LogP contribution in [-0.4, -0.2) is 52.3 Å². The maximum atomic E-state index is 11.3. The van der Waals surface area contributed by atoms with E-state index in [1.807, 2.05) is 5.32 Å². The summed E-state index contributed by atoms with van der Waals surface area (Å²) in [5, 5.41) is 18.5. The summed E-state index contributed by atoms with van der Waals surface area (Å²) in [7, 11) is 2.73. The highest BCUT2D eigenvalue weighted by Gasteiger charge is 2.22. The number of carboxylic acids is 2. The molecule has 102 valence electrons. The van der Waals surface area contributed by atoms with Gasteiger partial charge in [0.05, 0.1) is 19.3 Å². The molecule has 0 rings (SSSR count). The molecule has 0 saturated heterocycles. The van der Waals surface area contributed by atoms with Gasteiger partial charge in [0.1, 0.15) is 6.04 Å². The summed E-state index contributed by atoms with van der Waals surface area (Å²) in [5.41, 5.74) is 0. The molecule has 0 fully saturated rings. The van der Waals surface area contributed by atoms with Crippen LogP contribution in [0.5, 0.6) is 0 Å². The van der Waals surface area contributed by atoms with Crippen molar-refractivity contribution in [2.24, 2.45) is 0 Å². The summed E-state index contributed by atoms with van der Waals surface area (Å²) < 4.78 is 4.30. The Morgan fingerprint density at radius 3 is 2.33 bits per heavy atom. The molecule has 1 unspecified atom stereocenters. The Bertz CT molecular complexity index is 346. The van der Waals surface area contributed by atoms with Gasteiger partial charge < -0.3 is 20.3 Å². The number of hydrogen-bond acceptors (Lipinski definition) is 7. The number of hydrogen-bond donors (Lipinski definition) is 3. The van der Waals surface area contributed by atoms with Gasteiger partial charge in [-0.3, -0.25) is 9.59 Å². The minimum Gasteiger partial charge on any atom is -0.481 e. The van der Waals surface area contributed by atoms with Crippen LogP contribution in [0.1, 0.15) is 6.42 Å². The Morgan fingerprint density at radius 1 is 1.28 bits per heavy atom. The van der Waals surface area contributed by atoms with Crippen LogP contribution in [0, 0.1) is 0 Å². The molecule has 1 atom stereocenters. The van der Waals surface area contributed by atoms with E-state index in [1.165, 1.54) is 7.11 Å². The van der Waals surface area contributed by atoms with E-state index in [4.69, 9.17) is 10.2 Å². The van der Waals surface area contributed by atoms with Gasteiger partial charge in [-0.1, -0.05) is 10.8 Å². The Balaban J connectivity index is 4.06. The van der Waals surface area contributed by atoms with Crippen LogP contribution in [0.25, 0.3) is 0 Å². The first-order valence-electron chi connectivity index (χ1n) is 4.48. The first-order chi connectivity index (χ1) is 8.36. The number of carbonyl (C=O) groups excluding carboxylic acids is 2. The van der Waals surface area contributed by atoms with Gasteiger partial charge in [0.25, 0.3) is 0 Å². The van der Waals surface area contributed by atoms with E-state index < -0.39 is 35.6 Å². The second kappa shape index (κ2) is 8.64. The van der Waals surface area contributed by atoms with Crippen molar-refractivity contribution in [2.75, 3.05) is 12.9 Å². The molecule has 0 aromatic carbocycles. The smallest absolute Gasteiger partial charge is 0.377 e. The van der Waals surface area contributed by atoms with Gasteiger partial charge in [-0.2, -0.15) is 0 Å². The first-order valence-corrected chi connectivity index (χ1v) is 6.80. The lowest BCUT2D eigenvalue weighted by molar-refractivity contribution is -0.147. The second-order valence-corrected chi connectivity index (χ2v) is 5.09. The summed E-state index contributed by atoms with van der Waals surface area (Å²) in [4.78, 5) is 42.9. The van der Waals surface area contributed by atoms with Gasteiger partial charge in [0.2, 0.25) is 5.91 Å². The van der Waals surface area contributed by atoms with Crippen molar-refractivity contribution < 1.29 is 34.1 Å². The van der Waals surface area contributed by atoms with Crippen LogP contribution in [0.3, 0.4) is 0 Å². The van der Waals surface area contributed by atoms with Crippen LogP contribution in [0.4, 0.5) is 4.79 Å². The molecule has 0 heterocycles. The van der Waals surface area contributed by atoms with Crippen molar-refractivity contribution in [3.8, 4) is 0 Å². The average molecular weight is 297 g/mol. The van der Waals surface area contributed by atoms with Crippen LogP contribution < -0.4 is 5.32 Å². The number of carboxylic acid groups (broad SMARTS) is 2. The lowest BCUT2D eigenvalue weighted by Crippen LogP contribution is -2.42. The minimum absolute atomic E-state index is 0.191. The topological polar surface area (TPSA) is 130 Å². The normalized spacial score (nSPS) is 11.4. The van der Waals surface area contributed by atoms with Crippen LogP contribution >= 0.6 is 21.6 Å². The van der Waals surface area contributed by atoms with Gasteiger partial charge >= 0.3 is 17.2 Å². The third-order valence-electron chi connectivity index (χ3n) is 1.50. The molecule has 10 heteroatoms. The van der Waals surface area contributed by atoms with E-state index in [9.17, 15) is 19.2 Å². The molecule has 0 aliphatic rings. The Kier molecular flexibility index (Phi) is 7.96. The average Bonchev–Trinajstić information content (AvgIpc) is 2.27. The molecule has 0 aromatic heterocycles. The highest BCUT2D eigenvalue weighted by molar-refractivity contribution is 8.82. The summed E-state index contributed by atoms with van der Waals surface area (Å²) in [6.45, 7) is 0. The van der Waals surface area contributed by atoms with Gasteiger partial charge in [0.15, 0.2) is 0 Å². The molecule has 18 heavy (non-hydrogen) atoms. The number of ether oxygens (including phenoxy) is 1. The molecule has 0 spiro atoms. The van der Waals surface area contributed by atoms with Gasteiger partial charge in [-0.25, -0.2) is 9.59 Å². The summed E-state index contributed by atoms with van der Waals surface area (Å²) >= 11 is 0. The number of rotatable bonds is 7. The number of amides is 1. The summed E-state index contributed by atoms with van der Waals surface area (Å²) in [5.74, 6) is -3.64. The SMILES string of the molecule is COC(=O)SSCC(=O)NC(CC(=O)O)C(=O)O. The van der Waals surface area contributed by atoms with Crippen LogP contribution in [0.15, 0.2) is 0 Å². The Morgan fingerprint density at radius 2 is 1.89 bits per heavy atom. The van der Waals surface area contributed by atoms with Gasteiger partial charge in [-0.15, -0.1) is 0 Å². The summed E-state index contributed by atoms with van der Waals surface area (Å²) in [6, 6.07) is -1.49. The molecule has 0 aliphatic heterocycles. The predicted molar refractivity (Wildman–Crippen MR) is 64.3 cm³/mol. The zero-order valence-corrected chi connectivity index (χ0v) is 10.9. The van der Waals surface area contributed by atoms with E-state index in [0.29, 0.717) is 10.8 Å². The third kappa shape index (κ3) is 7.79. The van der Waals surface area contributed by atoms with E-state index >= 15 is 0 Å². The first kappa shape index (κ1) is 16.6. The largest absolute Gasteiger partial charge is 0.481 e. The van der Waals surface area contributed by atoms with Crippen molar-refractivity contribution in [1.82, 2.24) is 5.32 Å². The lowest BCUT2D eigenvalue weighted by Gasteiger charge is -2.11. The number of methoxy groups -OCH3 is 1. The van der Waals surface area contributed by atoms with Crippen LogP contribution in [0.2, 0.25) is 0 Å². The molecule has 0 aliphatic carbocycles. The van der Waals surface area contributed by atoms with Crippen molar-refractivity contribution in [3.05, 3.63) is 0 Å². The number of aliphatic carboxylic acids is 2. The monoisotopic (exact) mass is 297 g/mol. The molecular weight excluding hydrogens is 286 g/mol.